The van der Waals surface area contributed by atoms with E-state index in [0.29, 0.717) is 52.6 Å². The van der Waals surface area contributed by atoms with Gasteiger partial charge < -0.3 is 14.6 Å². The number of esters is 1. The van der Waals surface area contributed by atoms with Gasteiger partial charge in [-0.25, -0.2) is 4.79 Å². The van der Waals surface area contributed by atoms with Gasteiger partial charge in [-0.15, -0.1) is 0 Å². The Morgan fingerprint density at radius 1 is 0.842 bits per heavy atom. The number of carbonyl (C=O) groups excluding carboxylic acids is 1. The van der Waals surface area contributed by atoms with E-state index < -0.39 is 6.29 Å². The standard InChI is InChI=1S/C34H52O4/c1-18(2)31(35)37-33(20(5)6)28-15-24-10-25(17-28)29(30(33)16-24)8-21(7)34(38-32(36)19(3)4)26-11-22-9-23(13-26)14-27(34)12-22/h20-31,35H,1,3,8-17H2,2,4-7H3. The van der Waals surface area contributed by atoms with Crippen LogP contribution in [-0.4, -0.2) is 28.6 Å². The molecule has 8 fully saturated rings. The average molecular weight is 525 g/mol. The summed E-state index contributed by atoms with van der Waals surface area (Å²) >= 11 is 0. The van der Waals surface area contributed by atoms with E-state index in [1.807, 2.05) is 6.92 Å². The Morgan fingerprint density at radius 2 is 1.39 bits per heavy atom. The summed E-state index contributed by atoms with van der Waals surface area (Å²) in [4.78, 5) is 13.2. The largest absolute Gasteiger partial charge is 0.455 e. The van der Waals surface area contributed by atoms with Crippen LogP contribution in [0, 0.1) is 65.1 Å². The van der Waals surface area contributed by atoms with Crippen molar-refractivity contribution in [3.63, 3.8) is 0 Å². The molecule has 8 unspecified atom stereocenters. The third-order valence-corrected chi connectivity index (χ3v) is 12.8. The fourth-order valence-corrected chi connectivity index (χ4v) is 11.8. The van der Waals surface area contributed by atoms with Crippen LogP contribution < -0.4 is 0 Å². The third-order valence-electron chi connectivity index (χ3n) is 12.8. The highest BCUT2D eigenvalue weighted by Crippen LogP contribution is 2.67. The second kappa shape index (κ2) is 9.47. The second-order valence-corrected chi connectivity index (χ2v) is 15.3. The number of hydrogen-bond donors (Lipinski definition) is 1. The van der Waals surface area contributed by atoms with Crippen LogP contribution in [0.5, 0.6) is 0 Å². The number of aliphatic hydroxyl groups excluding tert-OH is 1. The Balaban J connectivity index is 1.33. The molecule has 8 atom stereocenters. The smallest absolute Gasteiger partial charge is 0.333 e. The number of aliphatic hydroxyl groups is 1. The Hall–Kier alpha value is -1.13. The molecule has 38 heavy (non-hydrogen) atoms. The second-order valence-electron chi connectivity index (χ2n) is 15.3. The van der Waals surface area contributed by atoms with Gasteiger partial charge in [-0.1, -0.05) is 33.9 Å². The van der Waals surface area contributed by atoms with Crippen LogP contribution in [0.2, 0.25) is 0 Å². The maximum Gasteiger partial charge on any atom is 0.333 e. The molecule has 0 aromatic heterocycles. The maximum atomic E-state index is 13.2. The lowest BCUT2D eigenvalue weighted by molar-refractivity contribution is -0.294. The topological polar surface area (TPSA) is 55.8 Å². The molecule has 4 heteroatoms. The van der Waals surface area contributed by atoms with Gasteiger partial charge in [0.25, 0.3) is 0 Å². The van der Waals surface area contributed by atoms with Crippen molar-refractivity contribution in [3.05, 3.63) is 24.3 Å². The summed E-state index contributed by atoms with van der Waals surface area (Å²) in [6.07, 6.45) is 11.5. The minimum absolute atomic E-state index is 0.182. The van der Waals surface area contributed by atoms with Crippen LogP contribution in [0.15, 0.2) is 24.3 Å². The first-order chi connectivity index (χ1) is 18.0. The number of rotatable bonds is 9. The first kappa shape index (κ1) is 27.1. The van der Waals surface area contributed by atoms with E-state index in [2.05, 4.69) is 33.9 Å². The summed E-state index contributed by atoms with van der Waals surface area (Å²) < 4.78 is 13.5. The lowest BCUT2D eigenvalue weighted by Crippen LogP contribution is -2.67. The van der Waals surface area contributed by atoms with Gasteiger partial charge in [0.2, 0.25) is 0 Å². The molecule has 0 aromatic carbocycles. The van der Waals surface area contributed by atoms with Crippen LogP contribution in [0.4, 0.5) is 0 Å². The Labute approximate surface area is 231 Å². The molecule has 0 saturated heterocycles. The first-order valence-corrected chi connectivity index (χ1v) is 15.9. The van der Waals surface area contributed by atoms with Gasteiger partial charge in [0, 0.05) is 5.57 Å². The molecule has 8 bridgehead atoms. The molecule has 0 radical (unpaired) electrons. The molecule has 0 heterocycles. The van der Waals surface area contributed by atoms with Crippen LogP contribution >= 0.6 is 0 Å². The van der Waals surface area contributed by atoms with E-state index in [9.17, 15) is 9.90 Å². The number of hydrogen-bond acceptors (Lipinski definition) is 4. The maximum absolute atomic E-state index is 13.2. The van der Waals surface area contributed by atoms with Crippen LogP contribution in [0.25, 0.3) is 0 Å². The highest BCUT2D eigenvalue weighted by Gasteiger charge is 2.66. The summed E-state index contributed by atoms with van der Waals surface area (Å²) in [7, 11) is 0. The summed E-state index contributed by atoms with van der Waals surface area (Å²) in [5, 5.41) is 10.9. The van der Waals surface area contributed by atoms with Crippen LogP contribution in [0.3, 0.4) is 0 Å². The van der Waals surface area contributed by atoms with Crippen molar-refractivity contribution in [1.29, 1.82) is 0 Å². The minimum atomic E-state index is -0.903. The number of carbonyl (C=O) groups is 1. The third kappa shape index (κ3) is 3.93. The number of ether oxygens (including phenoxy) is 2. The molecule has 1 N–H and O–H groups in total. The van der Waals surface area contributed by atoms with Gasteiger partial charge in [0.15, 0.2) is 6.29 Å². The van der Waals surface area contributed by atoms with Gasteiger partial charge in [0.1, 0.15) is 5.60 Å². The highest BCUT2D eigenvalue weighted by atomic mass is 16.6. The van der Waals surface area contributed by atoms with Gasteiger partial charge in [-0.2, -0.15) is 0 Å². The lowest BCUT2D eigenvalue weighted by atomic mass is 9.42. The van der Waals surface area contributed by atoms with Gasteiger partial charge in [-0.05, 0) is 149 Å². The quantitative estimate of drug-likeness (QED) is 0.149. The SMILES string of the molecule is C=C(C)C(=O)OC1(C(C)CC2C3CC4CC(C3)C(OC(O)C(=C)C)(C(C)C)C2C4)C2CC3CC(C2)CC1C3. The highest BCUT2D eigenvalue weighted by molar-refractivity contribution is 5.87. The zero-order chi connectivity index (χ0) is 27.1. The molecule has 8 saturated carbocycles. The zero-order valence-corrected chi connectivity index (χ0v) is 24.6. The Bertz CT molecular complexity index is 953. The molecule has 0 amide bonds. The van der Waals surface area contributed by atoms with E-state index >= 15 is 0 Å². The molecule has 8 rings (SSSR count). The molecule has 212 valence electrons. The summed E-state index contributed by atoms with van der Waals surface area (Å²) in [6, 6.07) is 0. The summed E-state index contributed by atoms with van der Waals surface area (Å²) in [5.41, 5.74) is 0.572. The van der Waals surface area contributed by atoms with Crippen molar-refractivity contribution in [2.75, 3.05) is 0 Å². The lowest BCUT2D eigenvalue weighted by Gasteiger charge is -2.67. The van der Waals surface area contributed by atoms with Crippen molar-refractivity contribution < 1.29 is 19.4 Å². The molecule has 0 spiro atoms. The van der Waals surface area contributed by atoms with E-state index in [4.69, 9.17) is 9.47 Å². The predicted molar refractivity (Wildman–Crippen MR) is 150 cm³/mol. The fraction of sp³-hybridized carbons (Fsp3) is 0.853. The van der Waals surface area contributed by atoms with E-state index in [-0.39, 0.29) is 17.2 Å². The Kier molecular flexibility index (Phi) is 6.74. The minimum Gasteiger partial charge on any atom is -0.455 e. The fourth-order valence-electron chi connectivity index (χ4n) is 11.8. The zero-order valence-electron chi connectivity index (χ0n) is 24.6. The molecular weight excluding hydrogens is 472 g/mol. The van der Waals surface area contributed by atoms with Gasteiger partial charge >= 0.3 is 5.97 Å². The van der Waals surface area contributed by atoms with E-state index in [1.54, 1.807) is 6.92 Å². The van der Waals surface area contributed by atoms with Crippen molar-refractivity contribution in [2.45, 2.75) is 116 Å². The molecule has 0 aromatic rings. The van der Waals surface area contributed by atoms with Crippen LogP contribution in [-0.2, 0) is 14.3 Å². The average Bonchev–Trinajstić information content (AvgIpc) is 2.84. The van der Waals surface area contributed by atoms with E-state index in [0.717, 1.165) is 30.1 Å². The molecular formula is C34H52O4. The molecule has 4 nitrogen and oxygen atoms in total. The summed E-state index contributed by atoms with van der Waals surface area (Å²) in [5.74, 6) is 6.14. The molecule has 8 aliphatic rings. The van der Waals surface area contributed by atoms with Gasteiger partial charge in [0.05, 0.1) is 5.60 Å². The first-order valence-electron chi connectivity index (χ1n) is 15.9. The van der Waals surface area contributed by atoms with Gasteiger partial charge in [-0.3, -0.25) is 0 Å². The van der Waals surface area contributed by atoms with Crippen LogP contribution in [0.1, 0.15) is 98.8 Å². The van der Waals surface area contributed by atoms with Crippen molar-refractivity contribution >= 4 is 5.97 Å². The van der Waals surface area contributed by atoms with Crippen molar-refractivity contribution in [1.82, 2.24) is 0 Å². The summed E-state index contributed by atoms with van der Waals surface area (Å²) in [6.45, 7) is 18.7. The van der Waals surface area contributed by atoms with Crippen molar-refractivity contribution in [3.8, 4) is 0 Å². The Morgan fingerprint density at radius 3 is 1.92 bits per heavy atom. The van der Waals surface area contributed by atoms with Crippen molar-refractivity contribution in [2.24, 2.45) is 65.1 Å². The monoisotopic (exact) mass is 524 g/mol. The molecule has 0 aliphatic heterocycles. The van der Waals surface area contributed by atoms with E-state index in [1.165, 1.54) is 57.8 Å². The molecule has 8 aliphatic carbocycles. The predicted octanol–water partition coefficient (Wildman–Crippen LogP) is 7.31. The normalized spacial score (nSPS) is 47.8.